The van der Waals surface area contributed by atoms with E-state index in [1.165, 1.54) is 17.7 Å². The van der Waals surface area contributed by atoms with Crippen LogP contribution in [0.25, 0.3) is 16.6 Å². The number of aromatic nitrogens is 3. The molecule has 0 amide bonds. The van der Waals surface area contributed by atoms with Gasteiger partial charge in [0.2, 0.25) is 5.88 Å². The van der Waals surface area contributed by atoms with Crippen molar-refractivity contribution in [3.05, 3.63) is 43.9 Å². The minimum Gasteiger partial charge on any atom is -0.493 e. The molecule has 96 valence electrons. The highest BCUT2D eigenvalue weighted by atomic mass is 79.9. The van der Waals surface area contributed by atoms with E-state index in [4.69, 9.17) is 11.6 Å². The number of hydrogen-bond acceptors (Lipinski definition) is 4. The molecule has 0 unspecified atom stereocenters. The van der Waals surface area contributed by atoms with Gasteiger partial charge in [0.25, 0.3) is 5.56 Å². The predicted molar refractivity (Wildman–Crippen MR) is 75.9 cm³/mol. The Bertz CT molecular complexity index is 892. The summed E-state index contributed by atoms with van der Waals surface area (Å²) in [4.78, 5) is 20.3. The first-order valence-corrected chi connectivity index (χ1v) is 6.52. The molecule has 0 saturated heterocycles. The van der Waals surface area contributed by atoms with Crippen LogP contribution >= 0.6 is 27.5 Å². The molecule has 2 heterocycles. The molecule has 0 aliphatic carbocycles. The number of benzene rings is 1. The standard InChI is InChI=1S/C12H7BrClN3O2/c1-5-11(18)16-10-6-2-8(14)7(13)3-9(6)15-4-17(10)12(5)19/h2-4,18H,1H3. The van der Waals surface area contributed by atoms with Crippen LogP contribution in [0.5, 0.6) is 5.88 Å². The van der Waals surface area contributed by atoms with Gasteiger partial charge in [-0.05, 0) is 35.0 Å². The van der Waals surface area contributed by atoms with Crippen molar-refractivity contribution in [2.24, 2.45) is 0 Å². The summed E-state index contributed by atoms with van der Waals surface area (Å²) in [6, 6.07) is 3.39. The van der Waals surface area contributed by atoms with Crippen LogP contribution in [0, 0.1) is 6.92 Å². The van der Waals surface area contributed by atoms with Gasteiger partial charge in [-0.15, -0.1) is 0 Å². The predicted octanol–water partition coefficient (Wildman–Crippen LogP) is 2.67. The quantitative estimate of drug-likeness (QED) is 0.639. The first-order valence-electron chi connectivity index (χ1n) is 5.34. The molecule has 0 atom stereocenters. The molecule has 3 rings (SSSR count). The molecular formula is C12H7BrClN3O2. The lowest BCUT2D eigenvalue weighted by molar-refractivity contribution is 0.448. The van der Waals surface area contributed by atoms with E-state index in [1.807, 2.05) is 0 Å². The number of nitrogens with zero attached hydrogens (tertiary/aromatic N) is 3. The van der Waals surface area contributed by atoms with E-state index in [1.54, 1.807) is 12.1 Å². The van der Waals surface area contributed by atoms with E-state index in [2.05, 4.69) is 25.9 Å². The maximum Gasteiger partial charge on any atom is 0.265 e. The van der Waals surface area contributed by atoms with E-state index in [9.17, 15) is 9.90 Å². The van der Waals surface area contributed by atoms with E-state index in [-0.39, 0.29) is 17.0 Å². The summed E-state index contributed by atoms with van der Waals surface area (Å²) in [7, 11) is 0. The molecule has 7 heteroatoms. The van der Waals surface area contributed by atoms with Gasteiger partial charge in [-0.25, -0.2) is 9.38 Å². The van der Waals surface area contributed by atoms with Crippen LogP contribution in [0.15, 0.2) is 27.7 Å². The Morgan fingerprint density at radius 3 is 2.89 bits per heavy atom. The van der Waals surface area contributed by atoms with Crippen molar-refractivity contribution in [1.29, 1.82) is 0 Å². The Balaban J connectivity index is 2.60. The fourth-order valence-electron chi connectivity index (χ4n) is 1.85. The fourth-order valence-corrected chi connectivity index (χ4v) is 2.34. The zero-order valence-corrected chi connectivity index (χ0v) is 12.0. The van der Waals surface area contributed by atoms with Crippen molar-refractivity contribution in [1.82, 2.24) is 14.4 Å². The third-order valence-electron chi connectivity index (χ3n) is 2.91. The van der Waals surface area contributed by atoms with Gasteiger partial charge < -0.3 is 5.11 Å². The van der Waals surface area contributed by atoms with Crippen LogP contribution in [0.3, 0.4) is 0 Å². The highest BCUT2D eigenvalue weighted by molar-refractivity contribution is 9.10. The molecule has 0 spiro atoms. The van der Waals surface area contributed by atoms with E-state index >= 15 is 0 Å². The molecule has 1 N–H and O–H groups in total. The number of fused-ring (bicyclic) bond motifs is 3. The molecule has 2 aromatic heterocycles. The summed E-state index contributed by atoms with van der Waals surface area (Å²) >= 11 is 9.36. The monoisotopic (exact) mass is 339 g/mol. The Morgan fingerprint density at radius 1 is 1.42 bits per heavy atom. The van der Waals surface area contributed by atoms with Gasteiger partial charge in [-0.3, -0.25) is 4.79 Å². The van der Waals surface area contributed by atoms with Crippen molar-refractivity contribution in [3.8, 4) is 5.88 Å². The Kier molecular flexibility index (Phi) is 2.72. The number of hydrogen-bond donors (Lipinski definition) is 1. The Morgan fingerprint density at radius 2 is 2.16 bits per heavy atom. The lowest BCUT2D eigenvalue weighted by Crippen LogP contribution is -2.18. The van der Waals surface area contributed by atoms with Crippen molar-refractivity contribution in [3.63, 3.8) is 0 Å². The van der Waals surface area contributed by atoms with Crippen LogP contribution in [-0.2, 0) is 0 Å². The topological polar surface area (TPSA) is 67.5 Å². The molecule has 5 nitrogen and oxygen atoms in total. The Labute approximate surface area is 120 Å². The van der Waals surface area contributed by atoms with E-state index in [0.29, 0.717) is 26.0 Å². The van der Waals surface area contributed by atoms with Crippen LogP contribution in [0.2, 0.25) is 5.02 Å². The van der Waals surface area contributed by atoms with Crippen LogP contribution < -0.4 is 5.56 Å². The maximum absolute atomic E-state index is 12.0. The summed E-state index contributed by atoms with van der Waals surface area (Å²) in [5.74, 6) is -0.281. The first kappa shape index (κ1) is 12.4. The van der Waals surface area contributed by atoms with E-state index in [0.717, 1.165) is 0 Å². The maximum atomic E-state index is 12.0. The molecule has 19 heavy (non-hydrogen) atoms. The Hall–Kier alpha value is -1.66. The van der Waals surface area contributed by atoms with Gasteiger partial charge in [0, 0.05) is 9.86 Å². The molecule has 0 bridgehead atoms. The van der Waals surface area contributed by atoms with Gasteiger partial charge in [0.1, 0.15) is 6.33 Å². The molecule has 1 aromatic carbocycles. The lowest BCUT2D eigenvalue weighted by Gasteiger charge is -2.07. The molecule has 0 fully saturated rings. The van der Waals surface area contributed by atoms with Crippen molar-refractivity contribution < 1.29 is 5.11 Å². The highest BCUT2D eigenvalue weighted by Crippen LogP contribution is 2.29. The van der Waals surface area contributed by atoms with Gasteiger partial charge in [-0.1, -0.05) is 11.6 Å². The van der Waals surface area contributed by atoms with Crippen molar-refractivity contribution >= 4 is 44.1 Å². The minimum absolute atomic E-state index is 0.182. The number of halogens is 2. The number of rotatable bonds is 0. The van der Waals surface area contributed by atoms with Crippen molar-refractivity contribution in [2.75, 3.05) is 0 Å². The zero-order valence-electron chi connectivity index (χ0n) is 9.69. The molecule has 0 aliphatic rings. The molecule has 0 saturated carbocycles. The summed E-state index contributed by atoms with van der Waals surface area (Å²) in [6.07, 6.45) is 1.39. The van der Waals surface area contributed by atoms with Crippen LogP contribution in [0.1, 0.15) is 5.56 Å². The summed E-state index contributed by atoms with van der Waals surface area (Å²) < 4.78 is 2.00. The minimum atomic E-state index is -0.351. The first-order chi connectivity index (χ1) is 8.99. The second-order valence-electron chi connectivity index (χ2n) is 4.09. The fraction of sp³-hybridized carbons (Fsp3) is 0.0833. The zero-order chi connectivity index (χ0) is 13.7. The average molecular weight is 341 g/mol. The molecule has 3 aromatic rings. The van der Waals surface area contributed by atoms with Gasteiger partial charge in [0.05, 0.1) is 16.1 Å². The summed E-state index contributed by atoms with van der Waals surface area (Å²) in [6.45, 7) is 1.51. The summed E-state index contributed by atoms with van der Waals surface area (Å²) in [5.41, 5.74) is 0.789. The van der Waals surface area contributed by atoms with Gasteiger partial charge in [0.15, 0.2) is 5.65 Å². The third-order valence-corrected chi connectivity index (χ3v) is 4.10. The molecule has 0 aliphatic heterocycles. The number of aromatic hydroxyl groups is 1. The smallest absolute Gasteiger partial charge is 0.265 e. The summed E-state index contributed by atoms with van der Waals surface area (Å²) in [5, 5.41) is 10.8. The lowest BCUT2D eigenvalue weighted by atomic mass is 10.2. The van der Waals surface area contributed by atoms with Crippen molar-refractivity contribution in [2.45, 2.75) is 6.92 Å². The van der Waals surface area contributed by atoms with Crippen LogP contribution in [0.4, 0.5) is 0 Å². The highest BCUT2D eigenvalue weighted by Gasteiger charge is 2.12. The second kappa shape index (κ2) is 4.18. The molecule has 0 radical (unpaired) electrons. The third kappa shape index (κ3) is 1.79. The SMILES string of the molecule is Cc1c(O)nc2c3cc(Cl)c(Br)cc3ncn2c1=O. The van der Waals surface area contributed by atoms with Gasteiger partial charge >= 0.3 is 0 Å². The van der Waals surface area contributed by atoms with E-state index < -0.39 is 0 Å². The van der Waals surface area contributed by atoms with Gasteiger partial charge in [-0.2, -0.15) is 4.98 Å². The molecular weight excluding hydrogens is 334 g/mol. The van der Waals surface area contributed by atoms with Crippen LogP contribution in [-0.4, -0.2) is 19.5 Å². The largest absolute Gasteiger partial charge is 0.493 e. The normalized spacial score (nSPS) is 11.3. The average Bonchev–Trinajstić information content (AvgIpc) is 2.38. The second-order valence-corrected chi connectivity index (χ2v) is 5.35.